The number of nitrogens with zero attached hydrogens (tertiary/aromatic N) is 2. The summed E-state index contributed by atoms with van der Waals surface area (Å²) in [6, 6.07) is 17.8. The molecule has 37 heavy (non-hydrogen) atoms. The fraction of sp³-hybridized carbons (Fsp3) is 0.259. The van der Waals surface area contributed by atoms with E-state index in [1.807, 2.05) is 31.2 Å². The summed E-state index contributed by atoms with van der Waals surface area (Å²) >= 11 is 9.73. The van der Waals surface area contributed by atoms with Crippen molar-refractivity contribution in [2.24, 2.45) is 0 Å². The first-order valence-electron chi connectivity index (χ1n) is 11.6. The highest BCUT2D eigenvalue weighted by atomic mass is 79.9. The molecule has 1 unspecified atom stereocenters. The smallest absolute Gasteiger partial charge is 0.264 e. The number of nitrogens with one attached hydrogen (secondary N) is 1. The van der Waals surface area contributed by atoms with Crippen molar-refractivity contribution in [3.8, 4) is 0 Å². The third-order valence-corrected chi connectivity index (χ3v) is 8.79. The number of sulfonamides is 1. The molecule has 0 saturated carbocycles. The number of aryl methyl sites for hydroxylation is 1. The zero-order valence-corrected chi connectivity index (χ0v) is 24.2. The number of carbonyl (C=O) groups excluding carboxylic acids is 2. The van der Waals surface area contributed by atoms with E-state index in [-0.39, 0.29) is 23.0 Å². The molecule has 0 saturated heterocycles. The quantitative estimate of drug-likeness (QED) is 0.368. The average Bonchev–Trinajstić information content (AvgIpc) is 2.88. The van der Waals surface area contributed by atoms with Gasteiger partial charge in [0.25, 0.3) is 10.0 Å². The average molecular weight is 607 g/mol. The summed E-state index contributed by atoms with van der Waals surface area (Å²) in [4.78, 5) is 27.8. The molecule has 3 aromatic carbocycles. The molecule has 0 aromatic heterocycles. The van der Waals surface area contributed by atoms with Gasteiger partial charge in [-0.25, -0.2) is 8.42 Å². The van der Waals surface area contributed by atoms with Crippen molar-refractivity contribution >= 4 is 55.1 Å². The van der Waals surface area contributed by atoms with Crippen LogP contribution < -0.4 is 9.62 Å². The predicted molar refractivity (Wildman–Crippen MR) is 150 cm³/mol. The normalized spacial score (nSPS) is 12.1. The molecular weight excluding hydrogens is 578 g/mol. The van der Waals surface area contributed by atoms with Crippen LogP contribution in [0.4, 0.5) is 5.69 Å². The van der Waals surface area contributed by atoms with Crippen molar-refractivity contribution in [1.82, 2.24) is 10.2 Å². The number of hydrogen-bond donors (Lipinski definition) is 1. The van der Waals surface area contributed by atoms with E-state index >= 15 is 0 Å². The molecule has 0 radical (unpaired) electrons. The van der Waals surface area contributed by atoms with Gasteiger partial charge in [0, 0.05) is 23.1 Å². The summed E-state index contributed by atoms with van der Waals surface area (Å²) in [6.07, 6.45) is 0. The summed E-state index contributed by atoms with van der Waals surface area (Å²) < 4.78 is 29.6. The van der Waals surface area contributed by atoms with Crippen LogP contribution in [-0.2, 0) is 26.2 Å². The Hall–Kier alpha value is -2.88. The standard InChI is InChI=1S/C27H29BrClN3O4S/c1-18-8-14-23(15-9-18)37(35,36)32(25-7-5-6-24(29)19(25)2)17-26(33)31(20(3)27(34)30-4)16-21-10-12-22(28)13-11-21/h5-15,20H,16-17H2,1-4H3,(H,30,34). The second-order valence-electron chi connectivity index (χ2n) is 8.65. The number of amides is 2. The first-order chi connectivity index (χ1) is 17.4. The number of likely N-dealkylation sites (N-methyl/N-ethyl adjacent to an activating group) is 1. The van der Waals surface area contributed by atoms with Gasteiger partial charge >= 0.3 is 0 Å². The lowest BCUT2D eigenvalue weighted by molar-refractivity contribution is -0.139. The van der Waals surface area contributed by atoms with Crippen LogP contribution in [0.2, 0.25) is 5.02 Å². The second kappa shape index (κ2) is 12.1. The minimum Gasteiger partial charge on any atom is -0.357 e. The molecule has 1 atom stereocenters. The lowest BCUT2D eigenvalue weighted by atomic mass is 10.1. The molecule has 0 fully saturated rings. The first-order valence-corrected chi connectivity index (χ1v) is 14.2. The van der Waals surface area contributed by atoms with Crippen LogP contribution in [0.3, 0.4) is 0 Å². The zero-order chi connectivity index (χ0) is 27.3. The van der Waals surface area contributed by atoms with Crippen LogP contribution in [0.25, 0.3) is 0 Å². The third kappa shape index (κ3) is 6.71. The predicted octanol–water partition coefficient (Wildman–Crippen LogP) is 5.08. The minimum absolute atomic E-state index is 0.0454. The number of rotatable bonds is 9. The molecular formula is C27H29BrClN3O4S. The van der Waals surface area contributed by atoms with E-state index in [9.17, 15) is 18.0 Å². The molecule has 0 aliphatic carbocycles. The molecule has 0 heterocycles. The van der Waals surface area contributed by atoms with E-state index in [1.165, 1.54) is 24.1 Å². The van der Waals surface area contributed by atoms with Crippen LogP contribution in [0.1, 0.15) is 23.6 Å². The van der Waals surface area contributed by atoms with Gasteiger partial charge in [-0.05, 0) is 68.3 Å². The monoisotopic (exact) mass is 605 g/mol. The Morgan fingerprint density at radius 3 is 2.22 bits per heavy atom. The lowest BCUT2D eigenvalue weighted by Crippen LogP contribution is -2.50. The minimum atomic E-state index is -4.15. The van der Waals surface area contributed by atoms with Crippen molar-refractivity contribution in [1.29, 1.82) is 0 Å². The Morgan fingerprint density at radius 2 is 1.62 bits per heavy atom. The highest BCUT2D eigenvalue weighted by molar-refractivity contribution is 9.10. The highest BCUT2D eigenvalue weighted by Crippen LogP contribution is 2.31. The first kappa shape index (κ1) is 28.7. The Morgan fingerprint density at radius 1 is 1.00 bits per heavy atom. The molecule has 3 aromatic rings. The molecule has 0 spiro atoms. The molecule has 7 nitrogen and oxygen atoms in total. The Kier molecular flexibility index (Phi) is 9.39. The van der Waals surface area contributed by atoms with Crippen molar-refractivity contribution in [2.75, 3.05) is 17.9 Å². The summed E-state index contributed by atoms with van der Waals surface area (Å²) in [6.45, 7) is 4.77. The molecule has 2 amide bonds. The van der Waals surface area contributed by atoms with Gasteiger partial charge in [0.05, 0.1) is 10.6 Å². The van der Waals surface area contributed by atoms with Gasteiger partial charge in [-0.15, -0.1) is 0 Å². The van der Waals surface area contributed by atoms with Crippen molar-refractivity contribution < 1.29 is 18.0 Å². The molecule has 196 valence electrons. The number of carbonyl (C=O) groups is 2. The van der Waals surface area contributed by atoms with Crippen LogP contribution in [-0.4, -0.2) is 44.8 Å². The van der Waals surface area contributed by atoms with E-state index in [4.69, 9.17) is 11.6 Å². The molecule has 0 aliphatic rings. The summed E-state index contributed by atoms with van der Waals surface area (Å²) in [5.74, 6) is -0.897. The van der Waals surface area contributed by atoms with E-state index < -0.39 is 28.5 Å². The summed E-state index contributed by atoms with van der Waals surface area (Å²) in [5.41, 5.74) is 2.50. The van der Waals surface area contributed by atoms with Gasteiger partial charge in [0.2, 0.25) is 11.8 Å². The van der Waals surface area contributed by atoms with Gasteiger partial charge in [0.15, 0.2) is 0 Å². The van der Waals surface area contributed by atoms with Gasteiger partial charge in [-0.2, -0.15) is 0 Å². The SMILES string of the molecule is CNC(=O)C(C)N(Cc1ccc(Br)cc1)C(=O)CN(c1cccc(Cl)c1C)S(=O)(=O)c1ccc(C)cc1. The van der Waals surface area contributed by atoms with Gasteiger partial charge < -0.3 is 10.2 Å². The molecule has 0 aliphatic heterocycles. The van der Waals surface area contributed by atoms with Crippen molar-refractivity contribution in [3.63, 3.8) is 0 Å². The number of anilines is 1. The van der Waals surface area contributed by atoms with Crippen LogP contribution in [0, 0.1) is 13.8 Å². The van der Waals surface area contributed by atoms with Crippen LogP contribution >= 0.6 is 27.5 Å². The summed E-state index contributed by atoms with van der Waals surface area (Å²) in [7, 11) is -2.66. The van der Waals surface area contributed by atoms with E-state index in [0.29, 0.717) is 10.6 Å². The Labute approximate surface area is 231 Å². The van der Waals surface area contributed by atoms with Crippen molar-refractivity contribution in [2.45, 2.75) is 38.3 Å². The fourth-order valence-corrected chi connectivity index (χ4v) is 5.70. The Balaban J connectivity index is 2.07. The van der Waals surface area contributed by atoms with Gasteiger partial charge in [-0.1, -0.05) is 63.4 Å². The van der Waals surface area contributed by atoms with Gasteiger partial charge in [0.1, 0.15) is 12.6 Å². The molecule has 0 bridgehead atoms. The topological polar surface area (TPSA) is 86.8 Å². The zero-order valence-electron chi connectivity index (χ0n) is 21.0. The molecule has 1 N–H and O–H groups in total. The maximum Gasteiger partial charge on any atom is 0.264 e. The van der Waals surface area contributed by atoms with Crippen LogP contribution in [0.5, 0.6) is 0 Å². The summed E-state index contributed by atoms with van der Waals surface area (Å²) in [5, 5.41) is 2.94. The number of halogens is 2. The van der Waals surface area contributed by atoms with Crippen molar-refractivity contribution in [3.05, 3.63) is 92.9 Å². The Bertz CT molecular complexity index is 1380. The van der Waals surface area contributed by atoms with E-state index in [2.05, 4.69) is 21.2 Å². The fourth-order valence-electron chi connectivity index (χ4n) is 3.80. The second-order valence-corrected chi connectivity index (χ2v) is 11.8. The van der Waals surface area contributed by atoms with E-state index in [1.54, 1.807) is 44.2 Å². The lowest BCUT2D eigenvalue weighted by Gasteiger charge is -2.32. The van der Waals surface area contributed by atoms with Crippen LogP contribution in [0.15, 0.2) is 76.1 Å². The number of benzene rings is 3. The number of hydrogen-bond acceptors (Lipinski definition) is 4. The van der Waals surface area contributed by atoms with E-state index in [0.717, 1.165) is 19.9 Å². The van der Waals surface area contributed by atoms with Gasteiger partial charge in [-0.3, -0.25) is 13.9 Å². The highest BCUT2D eigenvalue weighted by Gasteiger charge is 2.33. The maximum atomic E-state index is 13.8. The largest absolute Gasteiger partial charge is 0.357 e. The molecule has 10 heteroatoms. The maximum absolute atomic E-state index is 13.8. The third-order valence-electron chi connectivity index (χ3n) is 6.08. The molecule has 3 rings (SSSR count).